The molecule has 0 N–H and O–H groups in total. The van der Waals surface area contributed by atoms with Crippen LogP contribution in [0.25, 0.3) is 10.8 Å². The molecule has 0 atom stereocenters. The molecule has 1 aromatic heterocycles. The number of benzene rings is 1. The van der Waals surface area contributed by atoms with Crippen molar-refractivity contribution in [1.82, 2.24) is 4.98 Å². The van der Waals surface area contributed by atoms with E-state index in [2.05, 4.69) is 11.1 Å². The topological polar surface area (TPSA) is 45.9 Å². The molecule has 0 saturated carbocycles. The summed E-state index contributed by atoms with van der Waals surface area (Å²) in [6.07, 6.45) is 3.37. The first-order valence-electron chi connectivity index (χ1n) is 4.17. The van der Waals surface area contributed by atoms with Crippen molar-refractivity contribution in [3.8, 4) is 11.8 Å². The minimum atomic E-state index is 0.642. The third-order valence-electron chi connectivity index (χ3n) is 2.12. The summed E-state index contributed by atoms with van der Waals surface area (Å²) in [5, 5.41) is 10.6. The smallest absolute Gasteiger partial charge is 0.128 e. The van der Waals surface area contributed by atoms with Gasteiger partial charge in [0.25, 0.3) is 0 Å². The Hall–Kier alpha value is -2.08. The second-order valence-electron chi connectivity index (χ2n) is 2.85. The lowest BCUT2D eigenvalue weighted by Crippen LogP contribution is -1.87. The molecule has 0 aliphatic rings. The first kappa shape index (κ1) is 8.52. The highest BCUT2D eigenvalue weighted by Crippen LogP contribution is 2.26. The molecule has 0 amide bonds. The molecule has 2 rings (SSSR count). The standard InChI is InChI=1S/C11H8N2O/c1-14-11-3-2-8(6-12)9-4-5-13-7-10(9)11/h2-5,7H,1H3. The summed E-state index contributed by atoms with van der Waals surface area (Å²) in [5.41, 5.74) is 0.642. The van der Waals surface area contributed by atoms with E-state index in [1.165, 1.54) is 0 Å². The normalized spacial score (nSPS) is 9.71. The number of rotatable bonds is 1. The van der Waals surface area contributed by atoms with Gasteiger partial charge in [0, 0.05) is 23.2 Å². The molecule has 0 unspecified atom stereocenters. The molecule has 68 valence electrons. The van der Waals surface area contributed by atoms with Crippen molar-refractivity contribution in [3.63, 3.8) is 0 Å². The van der Waals surface area contributed by atoms with Crippen LogP contribution in [0.1, 0.15) is 5.56 Å². The number of methoxy groups -OCH3 is 1. The van der Waals surface area contributed by atoms with Crippen molar-refractivity contribution < 1.29 is 4.74 Å². The lowest BCUT2D eigenvalue weighted by atomic mass is 10.1. The van der Waals surface area contributed by atoms with Crippen molar-refractivity contribution in [1.29, 1.82) is 5.26 Å². The quantitative estimate of drug-likeness (QED) is 0.681. The number of ether oxygens (including phenoxy) is 1. The Labute approximate surface area is 81.6 Å². The Bertz CT molecular complexity index is 514. The van der Waals surface area contributed by atoms with E-state index in [4.69, 9.17) is 10.00 Å². The van der Waals surface area contributed by atoms with Gasteiger partial charge in [-0.1, -0.05) is 0 Å². The molecule has 14 heavy (non-hydrogen) atoms. The third kappa shape index (κ3) is 1.17. The second kappa shape index (κ2) is 3.35. The van der Waals surface area contributed by atoms with Gasteiger partial charge in [-0.15, -0.1) is 0 Å². The first-order chi connectivity index (χ1) is 6.86. The van der Waals surface area contributed by atoms with Gasteiger partial charge in [0.2, 0.25) is 0 Å². The Balaban J connectivity index is 2.87. The summed E-state index contributed by atoms with van der Waals surface area (Å²) >= 11 is 0. The maximum absolute atomic E-state index is 8.89. The number of pyridine rings is 1. The van der Waals surface area contributed by atoms with Gasteiger partial charge in [0.1, 0.15) is 5.75 Å². The van der Waals surface area contributed by atoms with Gasteiger partial charge in [0.15, 0.2) is 0 Å². The summed E-state index contributed by atoms with van der Waals surface area (Å²) in [6.45, 7) is 0. The number of nitrogens with zero attached hydrogens (tertiary/aromatic N) is 2. The van der Waals surface area contributed by atoms with Gasteiger partial charge in [0.05, 0.1) is 18.7 Å². The lowest BCUT2D eigenvalue weighted by Gasteiger charge is -2.05. The number of hydrogen-bond acceptors (Lipinski definition) is 3. The zero-order valence-electron chi connectivity index (χ0n) is 7.69. The van der Waals surface area contributed by atoms with Gasteiger partial charge >= 0.3 is 0 Å². The Morgan fingerprint density at radius 3 is 2.86 bits per heavy atom. The predicted octanol–water partition coefficient (Wildman–Crippen LogP) is 2.12. The minimum absolute atomic E-state index is 0.642. The monoisotopic (exact) mass is 184 g/mol. The Morgan fingerprint density at radius 1 is 1.29 bits per heavy atom. The maximum Gasteiger partial charge on any atom is 0.128 e. The third-order valence-corrected chi connectivity index (χ3v) is 2.12. The Morgan fingerprint density at radius 2 is 2.14 bits per heavy atom. The fraction of sp³-hybridized carbons (Fsp3) is 0.0909. The molecule has 3 heteroatoms. The van der Waals surface area contributed by atoms with Crippen molar-refractivity contribution in [3.05, 3.63) is 36.2 Å². The van der Waals surface area contributed by atoms with Crippen LogP contribution in [0, 0.1) is 11.3 Å². The highest BCUT2D eigenvalue weighted by Gasteiger charge is 2.04. The zero-order chi connectivity index (χ0) is 9.97. The largest absolute Gasteiger partial charge is 0.496 e. The van der Waals surface area contributed by atoms with Crippen LogP contribution in [0.4, 0.5) is 0 Å². The highest BCUT2D eigenvalue weighted by molar-refractivity contribution is 5.91. The predicted molar refractivity (Wildman–Crippen MR) is 53.0 cm³/mol. The molecule has 3 nitrogen and oxygen atoms in total. The first-order valence-corrected chi connectivity index (χ1v) is 4.17. The van der Waals surface area contributed by atoms with Crippen LogP contribution < -0.4 is 4.74 Å². The van der Waals surface area contributed by atoms with E-state index in [1.54, 1.807) is 31.6 Å². The molecule has 0 bridgehead atoms. The fourth-order valence-corrected chi connectivity index (χ4v) is 1.44. The molecule has 2 aromatic rings. The SMILES string of the molecule is COc1ccc(C#N)c2ccncc12. The van der Waals surface area contributed by atoms with Crippen LogP contribution in [0.15, 0.2) is 30.6 Å². The van der Waals surface area contributed by atoms with Crippen LogP contribution >= 0.6 is 0 Å². The van der Waals surface area contributed by atoms with E-state index in [1.807, 2.05) is 6.07 Å². The lowest BCUT2D eigenvalue weighted by molar-refractivity contribution is 0.419. The van der Waals surface area contributed by atoms with Gasteiger partial charge in [-0.05, 0) is 18.2 Å². The van der Waals surface area contributed by atoms with Gasteiger partial charge in [-0.3, -0.25) is 4.98 Å². The summed E-state index contributed by atoms with van der Waals surface area (Å²) in [5.74, 6) is 0.743. The van der Waals surface area contributed by atoms with Crippen LogP contribution in [0.5, 0.6) is 5.75 Å². The van der Waals surface area contributed by atoms with Crippen molar-refractivity contribution in [2.24, 2.45) is 0 Å². The Kier molecular flexibility index (Phi) is 2.04. The molecular formula is C11H8N2O. The molecule has 0 radical (unpaired) electrons. The average Bonchev–Trinajstić information content (AvgIpc) is 2.27. The van der Waals surface area contributed by atoms with Gasteiger partial charge < -0.3 is 4.74 Å². The van der Waals surface area contributed by atoms with Crippen LogP contribution in [0.3, 0.4) is 0 Å². The number of nitriles is 1. The number of fused-ring (bicyclic) bond motifs is 1. The van der Waals surface area contributed by atoms with E-state index in [0.29, 0.717) is 5.56 Å². The molecule has 0 saturated heterocycles. The van der Waals surface area contributed by atoms with Crippen molar-refractivity contribution >= 4 is 10.8 Å². The van der Waals surface area contributed by atoms with E-state index < -0.39 is 0 Å². The molecule has 1 heterocycles. The summed E-state index contributed by atoms with van der Waals surface area (Å²) in [4.78, 5) is 4.01. The molecule has 0 fully saturated rings. The molecule has 0 aliphatic heterocycles. The van der Waals surface area contributed by atoms with E-state index in [9.17, 15) is 0 Å². The highest BCUT2D eigenvalue weighted by atomic mass is 16.5. The summed E-state index contributed by atoms with van der Waals surface area (Å²) < 4.78 is 5.18. The molecular weight excluding hydrogens is 176 g/mol. The second-order valence-corrected chi connectivity index (χ2v) is 2.85. The summed E-state index contributed by atoms with van der Waals surface area (Å²) in [7, 11) is 1.60. The van der Waals surface area contributed by atoms with Crippen LogP contribution in [-0.2, 0) is 0 Å². The molecule has 0 spiro atoms. The van der Waals surface area contributed by atoms with Crippen molar-refractivity contribution in [2.75, 3.05) is 7.11 Å². The fourth-order valence-electron chi connectivity index (χ4n) is 1.44. The summed E-state index contributed by atoms with van der Waals surface area (Å²) in [6, 6.07) is 7.49. The zero-order valence-corrected chi connectivity index (χ0v) is 7.69. The van der Waals surface area contributed by atoms with E-state index in [0.717, 1.165) is 16.5 Å². The molecule has 1 aromatic carbocycles. The average molecular weight is 184 g/mol. The van der Waals surface area contributed by atoms with Crippen LogP contribution in [-0.4, -0.2) is 12.1 Å². The molecule has 0 aliphatic carbocycles. The van der Waals surface area contributed by atoms with E-state index >= 15 is 0 Å². The number of hydrogen-bond donors (Lipinski definition) is 0. The van der Waals surface area contributed by atoms with Gasteiger partial charge in [-0.2, -0.15) is 5.26 Å². The van der Waals surface area contributed by atoms with E-state index in [-0.39, 0.29) is 0 Å². The van der Waals surface area contributed by atoms with Gasteiger partial charge in [-0.25, -0.2) is 0 Å². The maximum atomic E-state index is 8.89. The van der Waals surface area contributed by atoms with Crippen molar-refractivity contribution in [2.45, 2.75) is 0 Å². The number of aromatic nitrogens is 1. The minimum Gasteiger partial charge on any atom is -0.496 e. The van der Waals surface area contributed by atoms with Crippen LogP contribution in [0.2, 0.25) is 0 Å².